The lowest BCUT2D eigenvalue weighted by atomic mass is 9.83. The summed E-state index contributed by atoms with van der Waals surface area (Å²) in [6.45, 7) is 2.03. The van der Waals surface area contributed by atoms with Crippen LogP contribution in [0, 0.1) is 23.5 Å². The van der Waals surface area contributed by atoms with Crippen molar-refractivity contribution in [3.63, 3.8) is 0 Å². The molecule has 16 nitrogen and oxygen atoms in total. The number of nitrogens with zero attached hydrogens (tertiary/aromatic N) is 4. The van der Waals surface area contributed by atoms with Gasteiger partial charge in [0.25, 0.3) is 11.8 Å². The Morgan fingerprint density at radius 2 is 0.923 bits per heavy atom. The van der Waals surface area contributed by atoms with E-state index in [4.69, 9.17) is 0 Å². The summed E-state index contributed by atoms with van der Waals surface area (Å²) in [4.78, 5) is 93.4. The van der Waals surface area contributed by atoms with Gasteiger partial charge in [-0.15, -0.1) is 0 Å². The summed E-state index contributed by atoms with van der Waals surface area (Å²) in [5, 5.41) is 17.5. The first-order valence-corrected chi connectivity index (χ1v) is 28.5. The summed E-state index contributed by atoms with van der Waals surface area (Å²) in [6.07, 6.45) is 22.6. The van der Waals surface area contributed by atoms with Gasteiger partial charge in [-0.25, -0.2) is 8.78 Å². The zero-order valence-electron chi connectivity index (χ0n) is 45.4. The first kappa shape index (κ1) is 57.5. The van der Waals surface area contributed by atoms with Crippen molar-refractivity contribution in [2.75, 3.05) is 53.4 Å². The molecule has 4 heterocycles. The molecule has 2 aromatic heterocycles. The summed E-state index contributed by atoms with van der Waals surface area (Å²) in [5.41, 5.74) is 4.09. The van der Waals surface area contributed by atoms with Crippen molar-refractivity contribution in [1.82, 2.24) is 51.7 Å². The zero-order chi connectivity index (χ0) is 55.0. The lowest BCUT2D eigenvalue weighted by Gasteiger charge is -2.35. The molecule has 2 saturated carbocycles. The van der Waals surface area contributed by atoms with Crippen molar-refractivity contribution in [2.24, 2.45) is 11.8 Å². The van der Waals surface area contributed by atoms with Crippen molar-refractivity contribution in [3.8, 4) is 22.3 Å². The number of aromatic nitrogens is 2. The van der Waals surface area contributed by atoms with Crippen molar-refractivity contribution < 1.29 is 37.5 Å². The lowest BCUT2D eigenvalue weighted by Crippen LogP contribution is -2.53. The third-order valence-electron chi connectivity index (χ3n) is 16.2. The van der Waals surface area contributed by atoms with Crippen LogP contribution >= 0.6 is 0 Å². The number of carbonyl (C=O) groups is 6. The summed E-state index contributed by atoms with van der Waals surface area (Å²) in [7, 11) is 3.41. The fourth-order valence-electron chi connectivity index (χ4n) is 12.1. The van der Waals surface area contributed by atoms with Gasteiger partial charge in [0.1, 0.15) is 23.7 Å². The van der Waals surface area contributed by atoms with Gasteiger partial charge < -0.3 is 41.7 Å². The molecule has 6 amide bonds. The largest absolute Gasteiger partial charge is 0.352 e. The fourth-order valence-corrected chi connectivity index (χ4v) is 12.1. The summed E-state index contributed by atoms with van der Waals surface area (Å²) >= 11 is 0. The minimum atomic E-state index is -0.652. The van der Waals surface area contributed by atoms with Crippen LogP contribution in [0.5, 0.6) is 0 Å². The number of hydrogen-bond donors (Lipinski definition) is 6. The van der Waals surface area contributed by atoms with E-state index in [1.54, 1.807) is 51.0 Å². The highest BCUT2D eigenvalue weighted by molar-refractivity contribution is 5.96. The Morgan fingerprint density at radius 3 is 1.32 bits per heavy atom. The summed E-state index contributed by atoms with van der Waals surface area (Å²) < 4.78 is 30.4. The van der Waals surface area contributed by atoms with E-state index in [0.717, 1.165) is 114 Å². The van der Waals surface area contributed by atoms with Gasteiger partial charge >= 0.3 is 0 Å². The van der Waals surface area contributed by atoms with Crippen LogP contribution in [0.1, 0.15) is 160 Å². The molecule has 0 bridgehead atoms. The molecular formula is C60H78F2N10O6. The molecule has 18 heteroatoms. The molecule has 4 aromatic rings. The SMILES string of the molecule is CNCC(=O)NC(C(=O)N1CCCC1c1cncc(-c2ccc(F)c(C(=O)NCCCCCCNC(=O)c3cc(-c4cncc(C5CCCN5C(=O)C(NC(=O)CNC)C5CCCCC5)c4)ccc3F)c2)c1)C1CCCCC1. The molecule has 0 spiro atoms. The molecule has 4 atom stereocenters. The predicted molar refractivity (Wildman–Crippen MR) is 295 cm³/mol. The van der Waals surface area contributed by atoms with Crippen LogP contribution in [0.4, 0.5) is 8.78 Å². The Kier molecular flexibility index (Phi) is 20.9. The number of halogens is 2. The van der Waals surface area contributed by atoms with E-state index in [1.165, 1.54) is 24.3 Å². The van der Waals surface area contributed by atoms with Gasteiger partial charge in [0.15, 0.2) is 0 Å². The third kappa shape index (κ3) is 14.7. The third-order valence-corrected chi connectivity index (χ3v) is 16.2. The Hall–Kier alpha value is -6.66. The average Bonchev–Trinajstić information content (AvgIpc) is 4.18. The van der Waals surface area contributed by atoms with Gasteiger partial charge in [0.2, 0.25) is 23.6 Å². The molecule has 418 valence electrons. The lowest BCUT2D eigenvalue weighted by molar-refractivity contribution is -0.139. The minimum absolute atomic E-state index is 0.0730. The van der Waals surface area contributed by atoms with E-state index in [2.05, 4.69) is 41.9 Å². The van der Waals surface area contributed by atoms with E-state index in [1.807, 2.05) is 21.9 Å². The smallest absolute Gasteiger partial charge is 0.254 e. The Balaban J connectivity index is 0.801. The topological polar surface area (TPSA) is 207 Å². The van der Waals surface area contributed by atoms with Crippen LogP contribution < -0.4 is 31.9 Å². The number of likely N-dealkylation sites (N-methyl/N-ethyl adjacent to an activating group) is 2. The fraction of sp³-hybridized carbons (Fsp3) is 0.533. The van der Waals surface area contributed by atoms with Gasteiger partial charge in [-0.05, 0) is 149 Å². The Bertz CT molecular complexity index is 2550. The predicted octanol–water partition coefficient (Wildman–Crippen LogP) is 7.71. The first-order valence-electron chi connectivity index (χ1n) is 28.5. The normalized spacial score (nSPS) is 18.8. The van der Waals surface area contributed by atoms with Crippen LogP contribution in [0.3, 0.4) is 0 Å². The molecule has 2 aliphatic heterocycles. The molecule has 4 fully saturated rings. The number of unbranched alkanes of at least 4 members (excludes halogenated alkanes) is 3. The van der Waals surface area contributed by atoms with Gasteiger partial charge in [0.05, 0.1) is 36.3 Å². The molecule has 6 N–H and O–H groups in total. The average molecular weight is 1070 g/mol. The standard InChI is InChI=1S/C60H78F2N10O6/c1-63-37-53(73)69-55(39-15-7-5-8-16-39)59(77)71-27-13-19-51(71)45-29-43(33-65-35-45)41-21-23-49(61)47(31-41)57(75)67-25-11-3-4-12-26-68-58(76)48-32-42(22-24-50(48)62)44-30-46(36-66-34-44)52-20-14-28-72(52)60(78)56(70-54(74)38-64-2)40-17-9-6-10-18-40/h21-24,29-36,39-40,51-52,55-56,63-64H,3-20,25-28,37-38H2,1-2H3,(H,67,75)(H,68,76)(H,69,73)(H,70,74). The second kappa shape index (κ2) is 28.3. The zero-order valence-corrected chi connectivity index (χ0v) is 45.4. The molecule has 78 heavy (non-hydrogen) atoms. The number of carbonyl (C=O) groups excluding carboxylic acids is 6. The van der Waals surface area contributed by atoms with E-state index in [0.29, 0.717) is 61.3 Å². The number of amides is 6. The Labute approximate surface area is 457 Å². The van der Waals surface area contributed by atoms with Gasteiger partial charge in [0, 0.05) is 62.1 Å². The number of hydrogen-bond acceptors (Lipinski definition) is 10. The maximum absolute atomic E-state index is 15.2. The second-order valence-corrected chi connectivity index (χ2v) is 21.7. The number of nitrogens with one attached hydrogen (secondary N) is 6. The van der Waals surface area contributed by atoms with E-state index in [9.17, 15) is 28.8 Å². The maximum atomic E-state index is 15.2. The molecule has 8 rings (SSSR count). The van der Waals surface area contributed by atoms with E-state index >= 15 is 8.78 Å². The number of pyridine rings is 2. The second-order valence-electron chi connectivity index (χ2n) is 21.7. The van der Waals surface area contributed by atoms with Gasteiger partial charge in [-0.3, -0.25) is 38.7 Å². The van der Waals surface area contributed by atoms with Gasteiger partial charge in [-0.2, -0.15) is 0 Å². The van der Waals surface area contributed by atoms with Crippen LogP contribution in [-0.4, -0.2) is 121 Å². The molecule has 4 unspecified atom stereocenters. The van der Waals surface area contributed by atoms with E-state index in [-0.39, 0.29) is 71.8 Å². The molecule has 2 aliphatic carbocycles. The van der Waals surface area contributed by atoms with Crippen LogP contribution in [0.15, 0.2) is 73.3 Å². The van der Waals surface area contributed by atoms with E-state index < -0.39 is 35.5 Å². The van der Waals surface area contributed by atoms with Crippen LogP contribution in [-0.2, 0) is 19.2 Å². The number of likely N-dealkylation sites (tertiary alicyclic amines) is 2. The van der Waals surface area contributed by atoms with Gasteiger partial charge in [-0.1, -0.05) is 63.5 Å². The summed E-state index contributed by atoms with van der Waals surface area (Å²) in [5.74, 6) is -2.78. The molecule has 4 aliphatic rings. The maximum Gasteiger partial charge on any atom is 0.254 e. The number of benzene rings is 2. The minimum Gasteiger partial charge on any atom is -0.352 e. The van der Waals surface area contributed by atoms with Crippen molar-refractivity contribution in [2.45, 2.75) is 140 Å². The highest BCUT2D eigenvalue weighted by Gasteiger charge is 2.41. The Morgan fingerprint density at radius 1 is 0.513 bits per heavy atom. The van der Waals surface area contributed by atoms with Crippen molar-refractivity contribution >= 4 is 35.4 Å². The number of rotatable bonds is 23. The molecule has 2 aromatic carbocycles. The van der Waals surface area contributed by atoms with Crippen LogP contribution in [0.2, 0.25) is 0 Å². The molecule has 0 radical (unpaired) electrons. The summed E-state index contributed by atoms with van der Waals surface area (Å²) in [6, 6.07) is 11.0. The molecule has 2 saturated heterocycles. The van der Waals surface area contributed by atoms with Crippen molar-refractivity contribution in [1.29, 1.82) is 0 Å². The quantitative estimate of drug-likeness (QED) is 0.0399. The first-order chi connectivity index (χ1) is 37.9. The van der Waals surface area contributed by atoms with Crippen LogP contribution in [0.25, 0.3) is 22.3 Å². The highest BCUT2D eigenvalue weighted by atomic mass is 19.1. The highest BCUT2D eigenvalue weighted by Crippen LogP contribution is 2.38. The van der Waals surface area contributed by atoms with Crippen molar-refractivity contribution in [3.05, 3.63) is 107 Å². The monoisotopic (exact) mass is 1070 g/mol. The molecular weight excluding hydrogens is 995 g/mol.